The molecule has 3 rings (SSSR count). The summed E-state index contributed by atoms with van der Waals surface area (Å²) in [4.78, 5) is 15.0. The summed E-state index contributed by atoms with van der Waals surface area (Å²) in [5.41, 5.74) is 2.25. The van der Waals surface area contributed by atoms with Gasteiger partial charge in [-0.25, -0.2) is 0 Å². The number of hydrogen-bond donors (Lipinski definition) is 1. The highest BCUT2D eigenvalue weighted by molar-refractivity contribution is 5.79. The van der Waals surface area contributed by atoms with E-state index in [-0.39, 0.29) is 17.9 Å². The molecular formula is C23H30N2O3. The lowest BCUT2D eigenvalue weighted by Gasteiger charge is -2.32. The second-order valence-corrected chi connectivity index (χ2v) is 7.34. The molecule has 1 unspecified atom stereocenters. The molecule has 0 bridgehead atoms. The van der Waals surface area contributed by atoms with E-state index in [9.17, 15) is 4.79 Å². The molecule has 28 heavy (non-hydrogen) atoms. The van der Waals surface area contributed by atoms with Crippen LogP contribution in [-0.2, 0) is 11.3 Å². The molecule has 5 nitrogen and oxygen atoms in total. The van der Waals surface area contributed by atoms with Gasteiger partial charge in [0.1, 0.15) is 0 Å². The molecule has 0 aliphatic carbocycles. The topological polar surface area (TPSA) is 50.8 Å². The number of piperidine rings is 1. The highest BCUT2D eigenvalue weighted by Gasteiger charge is 2.26. The molecule has 1 fully saturated rings. The molecule has 5 heteroatoms. The SMILES string of the molecule is COc1cccc(CN2CCC(C(=O)NC(C)c3ccccc3)CC2)c1OC. The second kappa shape index (κ2) is 9.60. The molecule has 1 heterocycles. The van der Waals surface area contributed by atoms with E-state index in [2.05, 4.69) is 28.4 Å². The number of likely N-dealkylation sites (tertiary alicyclic amines) is 1. The Morgan fingerprint density at radius 3 is 2.43 bits per heavy atom. The zero-order chi connectivity index (χ0) is 19.9. The molecular weight excluding hydrogens is 352 g/mol. The van der Waals surface area contributed by atoms with Crippen molar-refractivity contribution < 1.29 is 14.3 Å². The summed E-state index contributed by atoms with van der Waals surface area (Å²) in [6.45, 7) is 4.64. The van der Waals surface area contributed by atoms with Gasteiger partial charge in [0.25, 0.3) is 0 Å². The standard InChI is InChI=1S/C23H30N2O3/c1-17(18-8-5-4-6-9-18)24-23(26)19-12-14-25(15-13-19)16-20-10-7-11-21(27-2)22(20)28-3/h4-11,17,19H,12-16H2,1-3H3,(H,24,26). The first-order chi connectivity index (χ1) is 13.6. The second-order valence-electron chi connectivity index (χ2n) is 7.34. The Morgan fingerprint density at radius 2 is 1.79 bits per heavy atom. The Hall–Kier alpha value is -2.53. The number of ether oxygens (including phenoxy) is 2. The predicted molar refractivity (Wildman–Crippen MR) is 111 cm³/mol. The zero-order valence-corrected chi connectivity index (χ0v) is 17.0. The van der Waals surface area contributed by atoms with Gasteiger partial charge in [-0.15, -0.1) is 0 Å². The van der Waals surface area contributed by atoms with E-state index in [1.165, 1.54) is 0 Å². The van der Waals surface area contributed by atoms with Gasteiger partial charge in [-0.3, -0.25) is 9.69 Å². The molecule has 1 aliphatic rings. The van der Waals surface area contributed by atoms with Crippen LogP contribution in [-0.4, -0.2) is 38.1 Å². The van der Waals surface area contributed by atoms with Crippen molar-refractivity contribution in [2.45, 2.75) is 32.4 Å². The lowest BCUT2D eigenvalue weighted by Crippen LogP contribution is -2.40. The fraction of sp³-hybridized carbons (Fsp3) is 0.435. The van der Waals surface area contributed by atoms with Gasteiger partial charge in [0.2, 0.25) is 5.91 Å². The largest absolute Gasteiger partial charge is 0.493 e. The number of benzene rings is 2. The molecule has 2 aromatic carbocycles. The summed E-state index contributed by atoms with van der Waals surface area (Å²) in [6, 6.07) is 16.1. The Labute approximate surface area is 167 Å². The Balaban J connectivity index is 1.53. The molecule has 1 atom stereocenters. The summed E-state index contributed by atoms with van der Waals surface area (Å²) >= 11 is 0. The summed E-state index contributed by atoms with van der Waals surface area (Å²) in [6.07, 6.45) is 1.75. The summed E-state index contributed by atoms with van der Waals surface area (Å²) in [5.74, 6) is 1.79. The number of carbonyl (C=O) groups excluding carboxylic acids is 1. The number of nitrogens with zero attached hydrogens (tertiary/aromatic N) is 1. The third-order valence-electron chi connectivity index (χ3n) is 5.50. The van der Waals surface area contributed by atoms with Gasteiger partial charge in [-0.05, 0) is 44.5 Å². The van der Waals surface area contributed by atoms with Crippen molar-refractivity contribution in [2.75, 3.05) is 27.3 Å². The van der Waals surface area contributed by atoms with Crippen LogP contribution in [0.2, 0.25) is 0 Å². The molecule has 2 aromatic rings. The molecule has 0 saturated carbocycles. The van der Waals surface area contributed by atoms with E-state index in [1.54, 1.807) is 14.2 Å². The van der Waals surface area contributed by atoms with Gasteiger partial charge in [-0.1, -0.05) is 42.5 Å². The van der Waals surface area contributed by atoms with Crippen molar-refractivity contribution in [1.82, 2.24) is 10.2 Å². The fourth-order valence-corrected chi connectivity index (χ4v) is 3.83. The molecule has 1 aliphatic heterocycles. The third kappa shape index (κ3) is 4.84. The van der Waals surface area contributed by atoms with Crippen molar-refractivity contribution in [3.05, 3.63) is 59.7 Å². The Bertz CT molecular complexity index is 771. The maximum absolute atomic E-state index is 12.7. The minimum absolute atomic E-state index is 0.0350. The first kappa shape index (κ1) is 20.2. The first-order valence-corrected chi connectivity index (χ1v) is 9.90. The maximum Gasteiger partial charge on any atom is 0.223 e. The minimum Gasteiger partial charge on any atom is -0.493 e. The molecule has 1 N–H and O–H groups in total. The molecule has 1 saturated heterocycles. The number of hydrogen-bond acceptors (Lipinski definition) is 4. The van der Waals surface area contributed by atoms with Gasteiger partial charge in [0.05, 0.1) is 20.3 Å². The van der Waals surface area contributed by atoms with Crippen molar-refractivity contribution in [3.63, 3.8) is 0 Å². The van der Waals surface area contributed by atoms with Crippen LogP contribution in [0.3, 0.4) is 0 Å². The molecule has 0 spiro atoms. The van der Waals surface area contributed by atoms with Crippen LogP contribution in [0.4, 0.5) is 0 Å². The van der Waals surface area contributed by atoms with E-state index in [0.717, 1.165) is 55.1 Å². The van der Waals surface area contributed by atoms with E-state index in [4.69, 9.17) is 9.47 Å². The fourth-order valence-electron chi connectivity index (χ4n) is 3.83. The lowest BCUT2D eigenvalue weighted by atomic mass is 9.94. The van der Waals surface area contributed by atoms with E-state index in [1.807, 2.05) is 37.3 Å². The number of rotatable bonds is 7. The van der Waals surface area contributed by atoms with Gasteiger partial charge < -0.3 is 14.8 Å². The smallest absolute Gasteiger partial charge is 0.223 e. The molecule has 150 valence electrons. The van der Waals surface area contributed by atoms with E-state index in [0.29, 0.717) is 0 Å². The summed E-state index contributed by atoms with van der Waals surface area (Å²) in [7, 11) is 3.33. The average Bonchev–Trinajstić information content (AvgIpc) is 2.74. The third-order valence-corrected chi connectivity index (χ3v) is 5.50. The zero-order valence-electron chi connectivity index (χ0n) is 17.0. The Morgan fingerprint density at radius 1 is 1.07 bits per heavy atom. The van der Waals surface area contributed by atoms with Crippen LogP contribution in [0.15, 0.2) is 48.5 Å². The van der Waals surface area contributed by atoms with Crippen LogP contribution >= 0.6 is 0 Å². The summed E-state index contributed by atoms with van der Waals surface area (Å²) < 4.78 is 10.9. The minimum atomic E-state index is 0.0350. The maximum atomic E-state index is 12.7. The van der Waals surface area contributed by atoms with Gasteiger partial charge in [-0.2, -0.15) is 0 Å². The monoisotopic (exact) mass is 382 g/mol. The van der Waals surface area contributed by atoms with E-state index < -0.39 is 0 Å². The molecule has 1 amide bonds. The quantitative estimate of drug-likeness (QED) is 0.792. The van der Waals surface area contributed by atoms with Crippen LogP contribution in [0, 0.1) is 5.92 Å². The van der Waals surface area contributed by atoms with E-state index >= 15 is 0 Å². The van der Waals surface area contributed by atoms with Crippen LogP contribution in [0.1, 0.15) is 36.9 Å². The summed E-state index contributed by atoms with van der Waals surface area (Å²) in [5, 5.41) is 3.17. The van der Waals surface area contributed by atoms with Crippen LogP contribution in [0.25, 0.3) is 0 Å². The molecule has 0 aromatic heterocycles. The number of nitrogens with one attached hydrogen (secondary N) is 1. The number of methoxy groups -OCH3 is 2. The predicted octanol–water partition coefficient (Wildman–Crippen LogP) is 3.79. The van der Waals surface area contributed by atoms with Crippen molar-refractivity contribution in [3.8, 4) is 11.5 Å². The lowest BCUT2D eigenvalue weighted by molar-refractivity contribution is -0.127. The number of carbonyl (C=O) groups is 1. The van der Waals surface area contributed by atoms with Crippen molar-refractivity contribution in [2.24, 2.45) is 5.92 Å². The average molecular weight is 383 g/mol. The Kier molecular flexibility index (Phi) is 6.93. The van der Waals surface area contributed by atoms with Gasteiger partial charge >= 0.3 is 0 Å². The first-order valence-electron chi connectivity index (χ1n) is 9.90. The van der Waals surface area contributed by atoms with Crippen molar-refractivity contribution >= 4 is 5.91 Å². The molecule has 0 radical (unpaired) electrons. The number of amides is 1. The van der Waals surface area contributed by atoms with Gasteiger partial charge in [0.15, 0.2) is 11.5 Å². The van der Waals surface area contributed by atoms with Crippen LogP contribution in [0.5, 0.6) is 11.5 Å². The highest BCUT2D eigenvalue weighted by atomic mass is 16.5. The number of para-hydroxylation sites is 1. The highest BCUT2D eigenvalue weighted by Crippen LogP contribution is 2.32. The normalized spacial score (nSPS) is 16.4. The van der Waals surface area contributed by atoms with Gasteiger partial charge in [0, 0.05) is 18.0 Å². The van der Waals surface area contributed by atoms with Crippen LogP contribution < -0.4 is 14.8 Å². The van der Waals surface area contributed by atoms with Crippen molar-refractivity contribution in [1.29, 1.82) is 0 Å².